The summed E-state index contributed by atoms with van der Waals surface area (Å²) in [4.78, 5) is 2.65. The highest BCUT2D eigenvalue weighted by Crippen LogP contribution is 2.31. The SMILES string of the molecule is CC(C)NCCc1ccccc1CN(CC1CC1)C(C)C. The van der Waals surface area contributed by atoms with Crippen LogP contribution in [-0.4, -0.2) is 30.1 Å². The average molecular weight is 288 g/mol. The molecule has 0 heterocycles. The van der Waals surface area contributed by atoms with Crippen molar-refractivity contribution in [1.29, 1.82) is 0 Å². The molecule has 1 aromatic carbocycles. The maximum absolute atomic E-state index is 3.53. The Kier molecular flexibility index (Phi) is 6.25. The second kappa shape index (κ2) is 7.95. The predicted molar refractivity (Wildman–Crippen MR) is 91.6 cm³/mol. The molecule has 0 atom stereocenters. The maximum Gasteiger partial charge on any atom is 0.0239 e. The average Bonchev–Trinajstić information content (AvgIpc) is 3.23. The van der Waals surface area contributed by atoms with Crippen molar-refractivity contribution >= 4 is 0 Å². The van der Waals surface area contributed by atoms with E-state index in [2.05, 4.69) is 62.2 Å². The van der Waals surface area contributed by atoms with Gasteiger partial charge in [0.1, 0.15) is 0 Å². The largest absolute Gasteiger partial charge is 0.314 e. The van der Waals surface area contributed by atoms with E-state index in [9.17, 15) is 0 Å². The van der Waals surface area contributed by atoms with Gasteiger partial charge in [-0.25, -0.2) is 0 Å². The van der Waals surface area contributed by atoms with E-state index in [-0.39, 0.29) is 0 Å². The lowest BCUT2D eigenvalue weighted by atomic mass is 10.0. The lowest BCUT2D eigenvalue weighted by Crippen LogP contribution is -2.33. The van der Waals surface area contributed by atoms with Crippen LogP contribution in [0.4, 0.5) is 0 Å². The second-order valence-corrected chi connectivity index (χ2v) is 7.09. The molecule has 0 bridgehead atoms. The molecule has 0 unspecified atom stereocenters. The van der Waals surface area contributed by atoms with E-state index in [0.717, 1.165) is 25.4 Å². The summed E-state index contributed by atoms with van der Waals surface area (Å²) in [6.07, 6.45) is 4.00. The zero-order chi connectivity index (χ0) is 15.2. The van der Waals surface area contributed by atoms with Gasteiger partial charge in [0.2, 0.25) is 0 Å². The fraction of sp³-hybridized carbons (Fsp3) is 0.684. The molecule has 1 fully saturated rings. The highest BCUT2D eigenvalue weighted by atomic mass is 15.1. The fourth-order valence-electron chi connectivity index (χ4n) is 2.76. The van der Waals surface area contributed by atoms with Crippen LogP contribution in [0.25, 0.3) is 0 Å². The van der Waals surface area contributed by atoms with Crippen LogP contribution in [0.1, 0.15) is 51.7 Å². The molecule has 1 aliphatic carbocycles. The van der Waals surface area contributed by atoms with Crippen molar-refractivity contribution in [1.82, 2.24) is 10.2 Å². The summed E-state index contributed by atoms with van der Waals surface area (Å²) in [6.45, 7) is 12.5. The fourth-order valence-corrected chi connectivity index (χ4v) is 2.76. The Hall–Kier alpha value is -0.860. The Morgan fingerprint density at radius 1 is 1.10 bits per heavy atom. The summed E-state index contributed by atoms with van der Waals surface area (Å²) >= 11 is 0. The smallest absolute Gasteiger partial charge is 0.0239 e. The van der Waals surface area contributed by atoms with Crippen LogP contribution in [0, 0.1) is 5.92 Å². The molecule has 1 N–H and O–H groups in total. The first-order chi connectivity index (χ1) is 10.1. The van der Waals surface area contributed by atoms with Gasteiger partial charge in [-0.1, -0.05) is 38.1 Å². The highest BCUT2D eigenvalue weighted by molar-refractivity contribution is 5.27. The minimum absolute atomic E-state index is 0.569. The van der Waals surface area contributed by atoms with Gasteiger partial charge in [0.15, 0.2) is 0 Å². The summed E-state index contributed by atoms with van der Waals surface area (Å²) in [5, 5.41) is 3.53. The molecule has 0 amide bonds. The Labute approximate surface area is 130 Å². The molecule has 2 heteroatoms. The van der Waals surface area contributed by atoms with Crippen LogP contribution < -0.4 is 5.32 Å². The van der Waals surface area contributed by atoms with Crippen molar-refractivity contribution in [2.75, 3.05) is 13.1 Å². The zero-order valence-corrected chi connectivity index (χ0v) is 14.2. The normalized spacial score (nSPS) is 15.4. The van der Waals surface area contributed by atoms with Gasteiger partial charge in [-0.3, -0.25) is 4.90 Å². The zero-order valence-electron chi connectivity index (χ0n) is 14.2. The lowest BCUT2D eigenvalue weighted by molar-refractivity contribution is 0.203. The van der Waals surface area contributed by atoms with E-state index < -0.39 is 0 Å². The maximum atomic E-state index is 3.53. The van der Waals surface area contributed by atoms with E-state index >= 15 is 0 Å². The van der Waals surface area contributed by atoms with E-state index in [4.69, 9.17) is 0 Å². The Bertz CT molecular complexity index is 421. The number of rotatable bonds is 9. The molecule has 0 aromatic heterocycles. The third-order valence-electron chi connectivity index (χ3n) is 4.36. The van der Waals surface area contributed by atoms with Crippen LogP contribution >= 0.6 is 0 Å². The van der Waals surface area contributed by atoms with E-state index in [0.29, 0.717) is 12.1 Å². The summed E-state index contributed by atoms with van der Waals surface area (Å²) in [6, 6.07) is 10.2. The molecule has 1 saturated carbocycles. The Balaban J connectivity index is 1.96. The molecule has 1 aliphatic rings. The first-order valence-corrected chi connectivity index (χ1v) is 8.60. The molecule has 21 heavy (non-hydrogen) atoms. The number of nitrogens with one attached hydrogen (secondary N) is 1. The van der Waals surface area contributed by atoms with Gasteiger partial charge in [0.25, 0.3) is 0 Å². The Morgan fingerprint density at radius 3 is 2.33 bits per heavy atom. The van der Waals surface area contributed by atoms with Crippen LogP contribution in [0.5, 0.6) is 0 Å². The van der Waals surface area contributed by atoms with E-state index in [1.807, 2.05) is 0 Å². The van der Waals surface area contributed by atoms with Gasteiger partial charge in [-0.15, -0.1) is 0 Å². The van der Waals surface area contributed by atoms with Gasteiger partial charge in [0.05, 0.1) is 0 Å². The van der Waals surface area contributed by atoms with Gasteiger partial charge >= 0.3 is 0 Å². The van der Waals surface area contributed by atoms with Crippen LogP contribution in [0.15, 0.2) is 24.3 Å². The molecular weight excluding hydrogens is 256 g/mol. The summed E-state index contributed by atoms with van der Waals surface area (Å²) < 4.78 is 0. The first kappa shape index (κ1) is 16.5. The summed E-state index contributed by atoms with van der Waals surface area (Å²) in [7, 11) is 0. The first-order valence-electron chi connectivity index (χ1n) is 8.60. The van der Waals surface area contributed by atoms with Crippen LogP contribution in [0.2, 0.25) is 0 Å². The molecule has 118 valence electrons. The van der Waals surface area contributed by atoms with Crippen molar-refractivity contribution in [3.8, 4) is 0 Å². The van der Waals surface area contributed by atoms with Crippen molar-refractivity contribution in [2.45, 2.75) is 65.6 Å². The molecule has 1 aromatic rings. The van der Waals surface area contributed by atoms with E-state index in [1.54, 1.807) is 0 Å². The van der Waals surface area contributed by atoms with E-state index in [1.165, 1.54) is 30.5 Å². The summed E-state index contributed by atoms with van der Waals surface area (Å²) in [5.74, 6) is 0.960. The molecule has 0 aliphatic heterocycles. The minimum Gasteiger partial charge on any atom is -0.314 e. The lowest BCUT2D eigenvalue weighted by Gasteiger charge is -2.27. The van der Waals surface area contributed by atoms with Crippen LogP contribution in [-0.2, 0) is 13.0 Å². The number of nitrogens with zero attached hydrogens (tertiary/aromatic N) is 1. The van der Waals surface area contributed by atoms with Gasteiger partial charge < -0.3 is 5.32 Å². The van der Waals surface area contributed by atoms with Crippen molar-refractivity contribution < 1.29 is 0 Å². The predicted octanol–water partition coefficient (Wildman–Crippen LogP) is 3.85. The van der Waals surface area contributed by atoms with Crippen molar-refractivity contribution in [3.05, 3.63) is 35.4 Å². The quantitative estimate of drug-likeness (QED) is 0.742. The van der Waals surface area contributed by atoms with Gasteiger partial charge in [-0.05, 0) is 56.7 Å². The molecule has 2 rings (SSSR count). The molecule has 2 nitrogen and oxygen atoms in total. The van der Waals surface area contributed by atoms with Gasteiger partial charge in [-0.2, -0.15) is 0 Å². The monoisotopic (exact) mass is 288 g/mol. The summed E-state index contributed by atoms with van der Waals surface area (Å²) in [5.41, 5.74) is 3.02. The number of hydrogen-bond acceptors (Lipinski definition) is 2. The second-order valence-electron chi connectivity index (χ2n) is 7.09. The standard InChI is InChI=1S/C19H32N2/c1-15(2)20-12-11-18-7-5-6-8-19(18)14-21(16(3)4)13-17-9-10-17/h5-8,15-17,20H,9-14H2,1-4H3. The van der Waals surface area contributed by atoms with Gasteiger partial charge in [0, 0.05) is 25.2 Å². The molecule has 0 saturated heterocycles. The Morgan fingerprint density at radius 2 is 1.76 bits per heavy atom. The minimum atomic E-state index is 0.569. The van der Waals surface area contributed by atoms with Crippen molar-refractivity contribution in [3.63, 3.8) is 0 Å². The van der Waals surface area contributed by atoms with Crippen LogP contribution in [0.3, 0.4) is 0 Å². The number of benzene rings is 1. The third kappa shape index (κ3) is 5.80. The van der Waals surface area contributed by atoms with Crippen molar-refractivity contribution in [2.24, 2.45) is 5.92 Å². The molecular formula is C19H32N2. The molecule has 0 spiro atoms. The topological polar surface area (TPSA) is 15.3 Å². The highest BCUT2D eigenvalue weighted by Gasteiger charge is 2.25. The molecule has 0 radical (unpaired) electrons. The number of hydrogen-bond donors (Lipinski definition) is 1. The third-order valence-corrected chi connectivity index (χ3v) is 4.36.